The molecular formula is C15H23N3O3. The predicted molar refractivity (Wildman–Crippen MR) is 80.1 cm³/mol. The summed E-state index contributed by atoms with van der Waals surface area (Å²) in [6, 6.07) is 5.32. The fourth-order valence-electron chi connectivity index (χ4n) is 2.29. The number of amides is 1. The van der Waals surface area contributed by atoms with E-state index in [2.05, 4.69) is 5.32 Å². The highest BCUT2D eigenvalue weighted by Crippen LogP contribution is 2.32. The van der Waals surface area contributed by atoms with E-state index in [1.807, 2.05) is 25.1 Å². The molecule has 1 aliphatic rings. The first-order chi connectivity index (χ1) is 10.1. The van der Waals surface area contributed by atoms with Gasteiger partial charge in [-0.25, -0.2) is 0 Å². The molecule has 0 bridgehead atoms. The van der Waals surface area contributed by atoms with Crippen LogP contribution in [0.15, 0.2) is 18.2 Å². The van der Waals surface area contributed by atoms with Crippen LogP contribution < -0.4 is 26.3 Å². The lowest BCUT2D eigenvalue weighted by Gasteiger charge is -2.17. The van der Waals surface area contributed by atoms with Gasteiger partial charge in [0.15, 0.2) is 11.5 Å². The van der Waals surface area contributed by atoms with Gasteiger partial charge in [0.25, 0.3) is 0 Å². The standard InChI is InChI=1S/C15H23N3O3/c1-10(18-15(19)12(17)3-2-6-16)7-11-4-5-13-14(8-11)21-9-20-13/h4-5,8,10,12H,2-3,6-7,9,16-17H2,1H3,(H,18,19)/t10-,12?/m0/s1. The van der Waals surface area contributed by atoms with Crippen LogP contribution in [0.25, 0.3) is 0 Å². The van der Waals surface area contributed by atoms with Gasteiger partial charge in [-0.05, 0) is 50.4 Å². The first kappa shape index (κ1) is 15.6. The molecule has 2 rings (SSSR count). The van der Waals surface area contributed by atoms with Crippen molar-refractivity contribution >= 4 is 5.91 Å². The van der Waals surface area contributed by atoms with E-state index in [1.54, 1.807) is 0 Å². The van der Waals surface area contributed by atoms with Gasteiger partial charge < -0.3 is 26.3 Å². The first-order valence-corrected chi connectivity index (χ1v) is 7.24. The van der Waals surface area contributed by atoms with E-state index in [4.69, 9.17) is 20.9 Å². The maximum absolute atomic E-state index is 11.9. The van der Waals surface area contributed by atoms with Gasteiger partial charge in [0.05, 0.1) is 6.04 Å². The number of benzene rings is 1. The van der Waals surface area contributed by atoms with Gasteiger partial charge in [0.1, 0.15) is 0 Å². The largest absolute Gasteiger partial charge is 0.454 e. The topological polar surface area (TPSA) is 99.6 Å². The molecule has 1 aromatic carbocycles. The molecule has 1 amide bonds. The van der Waals surface area contributed by atoms with E-state index in [1.165, 1.54) is 0 Å². The Kier molecular flexibility index (Phi) is 5.41. The van der Waals surface area contributed by atoms with Crippen LogP contribution in [-0.2, 0) is 11.2 Å². The Morgan fingerprint density at radius 1 is 1.38 bits per heavy atom. The summed E-state index contributed by atoms with van der Waals surface area (Å²) >= 11 is 0. The Morgan fingerprint density at radius 3 is 2.90 bits per heavy atom. The Hall–Kier alpha value is -1.79. The van der Waals surface area contributed by atoms with E-state index < -0.39 is 6.04 Å². The van der Waals surface area contributed by atoms with Gasteiger partial charge in [0, 0.05) is 6.04 Å². The second kappa shape index (κ2) is 7.28. The third kappa shape index (κ3) is 4.34. The summed E-state index contributed by atoms with van der Waals surface area (Å²) < 4.78 is 10.6. The highest BCUT2D eigenvalue weighted by atomic mass is 16.7. The van der Waals surface area contributed by atoms with Crippen LogP contribution in [-0.4, -0.2) is 31.3 Å². The second-order valence-corrected chi connectivity index (χ2v) is 5.34. The molecule has 21 heavy (non-hydrogen) atoms. The molecule has 0 aliphatic carbocycles. The normalized spacial score (nSPS) is 15.6. The maximum Gasteiger partial charge on any atom is 0.237 e. The van der Waals surface area contributed by atoms with Crippen LogP contribution in [0.5, 0.6) is 11.5 Å². The minimum Gasteiger partial charge on any atom is -0.454 e. The Labute approximate surface area is 124 Å². The number of ether oxygens (including phenoxy) is 2. The van der Waals surface area contributed by atoms with Crippen molar-refractivity contribution in [1.82, 2.24) is 5.32 Å². The molecular weight excluding hydrogens is 270 g/mol. The van der Waals surface area contributed by atoms with Gasteiger partial charge in [-0.3, -0.25) is 4.79 Å². The van der Waals surface area contributed by atoms with Crippen molar-refractivity contribution in [3.05, 3.63) is 23.8 Å². The zero-order chi connectivity index (χ0) is 15.2. The van der Waals surface area contributed by atoms with E-state index in [9.17, 15) is 4.79 Å². The summed E-state index contributed by atoms with van der Waals surface area (Å²) in [4.78, 5) is 11.9. The maximum atomic E-state index is 11.9. The van der Waals surface area contributed by atoms with E-state index >= 15 is 0 Å². The molecule has 0 aromatic heterocycles. The molecule has 5 N–H and O–H groups in total. The molecule has 1 aromatic rings. The predicted octanol–water partition coefficient (Wildman–Crippen LogP) is 0.529. The molecule has 0 saturated heterocycles. The first-order valence-electron chi connectivity index (χ1n) is 7.24. The number of fused-ring (bicyclic) bond motifs is 1. The minimum absolute atomic E-state index is 0.00166. The fourth-order valence-corrected chi connectivity index (χ4v) is 2.29. The zero-order valence-corrected chi connectivity index (χ0v) is 12.3. The monoisotopic (exact) mass is 293 g/mol. The van der Waals surface area contributed by atoms with E-state index in [0.29, 0.717) is 19.4 Å². The van der Waals surface area contributed by atoms with Crippen molar-refractivity contribution in [3.8, 4) is 11.5 Å². The third-order valence-corrected chi connectivity index (χ3v) is 3.42. The number of hydrogen-bond donors (Lipinski definition) is 3. The minimum atomic E-state index is -0.493. The molecule has 0 radical (unpaired) electrons. The van der Waals surface area contributed by atoms with Crippen molar-refractivity contribution in [2.45, 2.75) is 38.3 Å². The van der Waals surface area contributed by atoms with Gasteiger partial charge >= 0.3 is 0 Å². The number of carbonyl (C=O) groups is 1. The number of carbonyl (C=O) groups excluding carboxylic acids is 1. The van der Waals surface area contributed by atoms with Crippen molar-refractivity contribution < 1.29 is 14.3 Å². The zero-order valence-electron chi connectivity index (χ0n) is 12.3. The summed E-state index contributed by atoms with van der Waals surface area (Å²) in [6.45, 7) is 2.77. The number of hydrogen-bond acceptors (Lipinski definition) is 5. The van der Waals surface area contributed by atoms with Gasteiger partial charge in [-0.2, -0.15) is 0 Å². The Bertz CT molecular complexity index is 493. The summed E-state index contributed by atoms with van der Waals surface area (Å²) in [5, 5.41) is 2.93. The van der Waals surface area contributed by atoms with Crippen LogP contribution in [0.2, 0.25) is 0 Å². The number of nitrogens with two attached hydrogens (primary N) is 2. The van der Waals surface area contributed by atoms with Crippen LogP contribution in [0, 0.1) is 0 Å². The molecule has 1 unspecified atom stereocenters. The van der Waals surface area contributed by atoms with Crippen LogP contribution in [0.3, 0.4) is 0 Å². The average molecular weight is 293 g/mol. The van der Waals surface area contributed by atoms with Crippen LogP contribution >= 0.6 is 0 Å². The third-order valence-electron chi connectivity index (χ3n) is 3.42. The summed E-state index contributed by atoms with van der Waals surface area (Å²) in [7, 11) is 0. The van der Waals surface area contributed by atoms with Crippen molar-refractivity contribution in [2.24, 2.45) is 11.5 Å². The highest BCUT2D eigenvalue weighted by molar-refractivity contribution is 5.81. The molecule has 0 fully saturated rings. The number of nitrogens with one attached hydrogen (secondary N) is 1. The average Bonchev–Trinajstić information content (AvgIpc) is 2.91. The van der Waals surface area contributed by atoms with Crippen LogP contribution in [0.1, 0.15) is 25.3 Å². The summed E-state index contributed by atoms with van der Waals surface area (Å²) in [5.74, 6) is 1.39. The van der Waals surface area contributed by atoms with E-state index in [-0.39, 0.29) is 18.7 Å². The molecule has 0 saturated carbocycles. The Balaban J connectivity index is 1.84. The van der Waals surface area contributed by atoms with Crippen molar-refractivity contribution in [3.63, 3.8) is 0 Å². The molecule has 6 nitrogen and oxygen atoms in total. The fraction of sp³-hybridized carbons (Fsp3) is 0.533. The highest BCUT2D eigenvalue weighted by Gasteiger charge is 2.17. The molecule has 116 valence electrons. The second-order valence-electron chi connectivity index (χ2n) is 5.34. The molecule has 6 heteroatoms. The summed E-state index contributed by atoms with van der Waals surface area (Å²) in [5.41, 5.74) is 12.3. The molecule has 2 atom stereocenters. The smallest absolute Gasteiger partial charge is 0.237 e. The van der Waals surface area contributed by atoms with Gasteiger partial charge in [-0.1, -0.05) is 6.07 Å². The number of rotatable bonds is 7. The molecule has 1 aliphatic heterocycles. The lowest BCUT2D eigenvalue weighted by atomic mass is 10.1. The lowest BCUT2D eigenvalue weighted by molar-refractivity contribution is -0.123. The summed E-state index contributed by atoms with van der Waals surface area (Å²) in [6.07, 6.45) is 2.08. The van der Waals surface area contributed by atoms with Crippen molar-refractivity contribution in [2.75, 3.05) is 13.3 Å². The van der Waals surface area contributed by atoms with Gasteiger partial charge in [-0.15, -0.1) is 0 Å². The van der Waals surface area contributed by atoms with E-state index in [0.717, 1.165) is 23.5 Å². The van der Waals surface area contributed by atoms with Crippen LogP contribution in [0.4, 0.5) is 0 Å². The van der Waals surface area contributed by atoms with Gasteiger partial charge in [0.2, 0.25) is 12.7 Å². The molecule has 1 heterocycles. The SMILES string of the molecule is C[C@@H](Cc1ccc2c(c1)OCO2)NC(=O)C(N)CCCN. The van der Waals surface area contributed by atoms with Crippen molar-refractivity contribution in [1.29, 1.82) is 0 Å². The molecule has 0 spiro atoms. The lowest BCUT2D eigenvalue weighted by Crippen LogP contribution is -2.45. The Morgan fingerprint density at radius 2 is 2.14 bits per heavy atom. The quantitative estimate of drug-likeness (QED) is 0.681.